The molecule has 2 aliphatic rings. The molecule has 0 atom stereocenters. The fourth-order valence-electron chi connectivity index (χ4n) is 2.90. The van der Waals surface area contributed by atoms with Crippen molar-refractivity contribution in [1.29, 1.82) is 0 Å². The van der Waals surface area contributed by atoms with Gasteiger partial charge in [0.05, 0.1) is 5.75 Å². The van der Waals surface area contributed by atoms with Gasteiger partial charge in [0.2, 0.25) is 10.0 Å². The van der Waals surface area contributed by atoms with E-state index in [2.05, 4.69) is 10.6 Å². The van der Waals surface area contributed by atoms with Crippen LogP contribution in [0.5, 0.6) is 0 Å². The van der Waals surface area contributed by atoms with Crippen LogP contribution in [-0.4, -0.2) is 50.2 Å². The molecule has 1 saturated carbocycles. The average Bonchev–Trinajstić information content (AvgIpc) is 2.61. The van der Waals surface area contributed by atoms with Gasteiger partial charge in [0.25, 0.3) is 0 Å². The highest BCUT2D eigenvalue weighted by atomic mass is 32.2. The number of carbonyl (C=O) groups excluding carboxylic acids is 1. The summed E-state index contributed by atoms with van der Waals surface area (Å²) < 4.78 is 24.6. The summed E-state index contributed by atoms with van der Waals surface area (Å²) in [6, 6.07) is 0.0986. The van der Waals surface area contributed by atoms with Gasteiger partial charge >= 0.3 is 6.03 Å². The maximum Gasteiger partial charge on any atom is 0.315 e. The van der Waals surface area contributed by atoms with Crippen LogP contribution in [0.3, 0.4) is 0 Å². The summed E-state index contributed by atoms with van der Waals surface area (Å²) in [4.78, 5) is 11.8. The van der Waals surface area contributed by atoms with Gasteiger partial charge in [-0.3, -0.25) is 0 Å². The zero-order chi connectivity index (χ0) is 14.4. The smallest absolute Gasteiger partial charge is 0.315 e. The topological polar surface area (TPSA) is 78.5 Å². The van der Waals surface area contributed by atoms with Gasteiger partial charge in [-0.2, -0.15) is 0 Å². The molecular formula is C13H25N3O3S. The molecule has 2 rings (SSSR count). The second-order valence-corrected chi connectivity index (χ2v) is 7.75. The van der Waals surface area contributed by atoms with Crippen LogP contribution in [0, 0.1) is 0 Å². The van der Waals surface area contributed by atoms with Gasteiger partial charge in [0, 0.05) is 25.7 Å². The number of hydrogen-bond donors (Lipinski definition) is 2. The highest BCUT2D eigenvalue weighted by Gasteiger charge is 2.27. The molecule has 1 saturated heterocycles. The molecule has 0 bridgehead atoms. The Morgan fingerprint density at radius 1 is 1.10 bits per heavy atom. The number of rotatable bonds is 4. The summed E-state index contributed by atoms with van der Waals surface area (Å²) in [5.41, 5.74) is 0. The number of carbonyl (C=O) groups is 1. The monoisotopic (exact) mass is 303 g/mol. The Morgan fingerprint density at radius 3 is 2.40 bits per heavy atom. The van der Waals surface area contributed by atoms with Crippen molar-refractivity contribution in [2.45, 2.75) is 51.0 Å². The van der Waals surface area contributed by atoms with E-state index >= 15 is 0 Å². The second kappa shape index (κ2) is 7.26. The van der Waals surface area contributed by atoms with Crippen LogP contribution in [0.15, 0.2) is 0 Å². The Morgan fingerprint density at radius 2 is 1.80 bits per heavy atom. The Balaban J connectivity index is 1.65. The molecular weight excluding hydrogens is 278 g/mol. The minimum absolute atomic E-state index is 0.173. The van der Waals surface area contributed by atoms with Gasteiger partial charge < -0.3 is 10.6 Å². The molecule has 6 nitrogen and oxygen atoms in total. The maximum absolute atomic E-state index is 11.8. The minimum Gasteiger partial charge on any atom is -0.337 e. The average molecular weight is 303 g/mol. The van der Waals surface area contributed by atoms with Gasteiger partial charge in [0.1, 0.15) is 0 Å². The Bertz CT molecular complexity index is 417. The van der Waals surface area contributed by atoms with E-state index in [0.717, 1.165) is 12.8 Å². The Hall–Kier alpha value is -0.820. The van der Waals surface area contributed by atoms with Crippen molar-refractivity contribution in [1.82, 2.24) is 14.9 Å². The molecule has 116 valence electrons. The van der Waals surface area contributed by atoms with Crippen molar-refractivity contribution in [3.63, 3.8) is 0 Å². The zero-order valence-electron chi connectivity index (χ0n) is 11.9. The number of nitrogens with zero attached hydrogens (tertiary/aromatic N) is 1. The molecule has 0 spiro atoms. The Labute approximate surface area is 121 Å². The van der Waals surface area contributed by atoms with Crippen LogP contribution in [0.2, 0.25) is 0 Å². The molecule has 1 heterocycles. The summed E-state index contributed by atoms with van der Waals surface area (Å²) in [7, 11) is -3.06. The van der Waals surface area contributed by atoms with Gasteiger partial charge in [-0.1, -0.05) is 25.7 Å². The van der Waals surface area contributed by atoms with Crippen molar-refractivity contribution in [3.8, 4) is 0 Å². The van der Waals surface area contributed by atoms with Gasteiger partial charge in [-0.25, -0.2) is 17.5 Å². The van der Waals surface area contributed by atoms with Crippen LogP contribution in [-0.2, 0) is 10.0 Å². The predicted octanol–water partition coefficient (Wildman–Crippen LogP) is 1.04. The lowest BCUT2D eigenvalue weighted by Gasteiger charge is -2.18. The van der Waals surface area contributed by atoms with Crippen LogP contribution in [0.25, 0.3) is 0 Å². The summed E-state index contributed by atoms with van der Waals surface area (Å²) >= 11 is 0. The van der Waals surface area contributed by atoms with E-state index < -0.39 is 10.0 Å². The lowest BCUT2D eigenvalue weighted by atomic mass is 10.1. The summed E-state index contributed by atoms with van der Waals surface area (Å²) in [5, 5.41) is 5.75. The van der Waals surface area contributed by atoms with Crippen LogP contribution >= 0.6 is 0 Å². The second-order valence-electron chi connectivity index (χ2n) is 5.66. The molecule has 1 aliphatic heterocycles. The van der Waals surface area contributed by atoms with Gasteiger partial charge in [-0.15, -0.1) is 0 Å². The Kier molecular flexibility index (Phi) is 5.65. The fourth-order valence-corrected chi connectivity index (χ4v) is 4.43. The third-order valence-electron chi connectivity index (χ3n) is 4.04. The number of urea groups is 1. The molecule has 0 aromatic heterocycles. The molecule has 0 unspecified atom stereocenters. The standard InChI is InChI=1S/C13H25N3O3S/c17-13(15-12-6-3-1-2-4-7-12)14-8-10-16-9-5-11-20(16,18)19/h12H,1-11H2,(H2,14,15,17). The molecule has 2 N–H and O–H groups in total. The quantitative estimate of drug-likeness (QED) is 0.762. The van der Waals surface area contributed by atoms with Crippen LogP contribution in [0.4, 0.5) is 4.79 Å². The first kappa shape index (κ1) is 15.6. The number of hydrogen-bond acceptors (Lipinski definition) is 3. The van der Waals surface area contributed by atoms with E-state index in [1.807, 2.05) is 0 Å². The van der Waals surface area contributed by atoms with E-state index in [1.54, 1.807) is 0 Å². The number of amides is 2. The van der Waals surface area contributed by atoms with Crippen molar-refractivity contribution in [3.05, 3.63) is 0 Å². The van der Waals surface area contributed by atoms with Crippen LogP contribution < -0.4 is 10.6 Å². The molecule has 0 radical (unpaired) electrons. The van der Waals surface area contributed by atoms with E-state index in [0.29, 0.717) is 26.1 Å². The SMILES string of the molecule is O=C(NCCN1CCCS1(=O)=O)NC1CCCCCC1. The minimum atomic E-state index is -3.06. The molecule has 2 amide bonds. The van der Waals surface area contributed by atoms with E-state index in [-0.39, 0.29) is 17.8 Å². The molecule has 7 heteroatoms. The number of sulfonamides is 1. The van der Waals surface area contributed by atoms with Crippen molar-refractivity contribution in [2.75, 3.05) is 25.4 Å². The molecule has 2 fully saturated rings. The summed E-state index contributed by atoms with van der Waals surface area (Å²) in [6.45, 7) is 1.33. The normalized spacial score (nSPS) is 24.2. The number of nitrogens with one attached hydrogen (secondary N) is 2. The predicted molar refractivity (Wildman–Crippen MR) is 78.0 cm³/mol. The lowest BCUT2D eigenvalue weighted by molar-refractivity contribution is 0.234. The highest BCUT2D eigenvalue weighted by molar-refractivity contribution is 7.89. The zero-order valence-corrected chi connectivity index (χ0v) is 12.8. The van der Waals surface area contributed by atoms with E-state index in [9.17, 15) is 13.2 Å². The van der Waals surface area contributed by atoms with Gasteiger partial charge in [0.15, 0.2) is 0 Å². The fraction of sp³-hybridized carbons (Fsp3) is 0.923. The third kappa shape index (κ3) is 4.63. The highest BCUT2D eigenvalue weighted by Crippen LogP contribution is 2.17. The summed E-state index contributed by atoms with van der Waals surface area (Å²) in [5.74, 6) is 0.237. The summed E-state index contributed by atoms with van der Waals surface area (Å²) in [6.07, 6.45) is 7.66. The van der Waals surface area contributed by atoms with Crippen molar-refractivity contribution in [2.24, 2.45) is 0 Å². The van der Waals surface area contributed by atoms with E-state index in [4.69, 9.17) is 0 Å². The van der Waals surface area contributed by atoms with E-state index in [1.165, 1.54) is 30.0 Å². The first-order valence-electron chi connectivity index (χ1n) is 7.60. The van der Waals surface area contributed by atoms with Crippen molar-refractivity contribution >= 4 is 16.1 Å². The maximum atomic E-state index is 11.8. The molecule has 0 aromatic rings. The molecule has 1 aliphatic carbocycles. The third-order valence-corrected chi connectivity index (χ3v) is 6.00. The molecule has 20 heavy (non-hydrogen) atoms. The molecule has 0 aromatic carbocycles. The largest absolute Gasteiger partial charge is 0.337 e. The first-order valence-corrected chi connectivity index (χ1v) is 9.21. The first-order chi connectivity index (χ1) is 9.58. The van der Waals surface area contributed by atoms with Crippen molar-refractivity contribution < 1.29 is 13.2 Å². The van der Waals surface area contributed by atoms with Crippen LogP contribution in [0.1, 0.15) is 44.9 Å². The lowest BCUT2D eigenvalue weighted by Crippen LogP contribution is -2.44. The van der Waals surface area contributed by atoms with Gasteiger partial charge in [-0.05, 0) is 19.3 Å².